The standard InChI is InChI=1S/C18H17N3O3/c1-24-17-8-7-13(18(22)23)11-16(17)19-12-14-9-10-21(20-14)15-5-3-2-4-6-15/h2-11,19H,12H2,1H3,(H,22,23). The number of anilines is 1. The molecule has 0 fully saturated rings. The Labute approximate surface area is 139 Å². The van der Waals surface area contributed by atoms with Gasteiger partial charge in [0.1, 0.15) is 5.75 Å². The van der Waals surface area contributed by atoms with Crippen LogP contribution in [-0.2, 0) is 6.54 Å². The van der Waals surface area contributed by atoms with Crippen LogP contribution < -0.4 is 10.1 Å². The highest BCUT2D eigenvalue weighted by Gasteiger charge is 2.09. The lowest BCUT2D eigenvalue weighted by Crippen LogP contribution is -2.05. The van der Waals surface area contributed by atoms with Crippen molar-refractivity contribution < 1.29 is 14.6 Å². The fourth-order valence-corrected chi connectivity index (χ4v) is 2.35. The average Bonchev–Trinajstić information content (AvgIpc) is 3.09. The number of hydrogen-bond acceptors (Lipinski definition) is 4. The lowest BCUT2D eigenvalue weighted by atomic mass is 10.2. The number of aromatic carboxylic acids is 1. The first kappa shape index (κ1) is 15.6. The van der Waals surface area contributed by atoms with E-state index in [1.54, 1.807) is 23.9 Å². The van der Waals surface area contributed by atoms with Crippen LogP contribution in [0, 0.1) is 0 Å². The maximum atomic E-state index is 11.1. The van der Waals surface area contributed by atoms with E-state index in [2.05, 4.69) is 10.4 Å². The molecular formula is C18H17N3O3. The number of carboxylic acids is 1. The quantitative estimate of drug-likeness (QED) is 0.728. The number of methoxy groups -OCH3 is 1. The summed E-state index contributed by atoms with van der Waals surface area (Å²) in [7, 11) is 1.55. The maximum absolute atomic E-state index is 11.1. The first-order valence-corrected chi connectivity index (χ1v) is 7.42. The minimum absolute atomic E-state index is 0.202. The first-order valence-electron chi connectivity index (χ1n) is 7.42. The summed E-state index contributed by atoms with van der Waals surface area (Å²) in [5.41, 5.74) is 2.63. The molecule has 0 aliphatic rings. The fraction of sp³-hybridized carbons (Fsp3) is 0.111. The first-order chi connectivity index (χ1) is 11.7. The van der Waals surface area contributed by atoms with Crippen LogP contribution in [0.4, 0.5) is 5.69 Å². The normalized spacial score (nSPS) is 10.4. The third-order valence-corrected chi connectivity index (χ3v) is 3.57. The Morgan fingerprint density at radius 2 is 2.00 bits per heavy atom. The lowest BCUT2D eigenvalue weighted by molar-refractivity contribution is 0.0697. The number of carbonyl (C=O) groups is 1. The molecule has 0 radical (unpaired) electrons. The molecule has 2 aromatic carbocycles. The zero-order chi connectivity index (χ0) is 16.9. The van der Waals surface area contributed by atoms with Crippen LogP contribution in [-0.4, -0.2) is 28.0 Å². The number of nitrogens with zero attached hydrogens (tertiary/aromatic N) is 2. The van der Waals surface area contributed by atoms with Gasteiger partial charge in [0.15, 0.2) is 0 Å². The topological polar surface area (TPSA) is 76.4 Å². The number of carboxylic acid groups (broad SMARTS) is 1. The summed E-state index contributed by atoms with van der Waals surface area (Å²) in [5, 5.41) is 16.8. The van der Waals surface area contributed by atoms with Crippen LogP contribution in [0.1, 0.15) is 16.1 Å². The summed E-state index contributed by atoms with van der Waals surface area (Å²) >= 11 is 0. The lowest BCUT2D eigenvalue weighted by Gasteiger charge is -2.11. The average molecular weight is 323 g/mol. The minimum Gasteiger partial charge on any atom is -0.495 e. The monoisotopic (exact) mass is 323 g/mol. The van der Waals surface area contributed by atoms with Gasteiger partial charge >= 0.3 is 5.97 Å². The van der Waals surface area contributed by atoms with Gasteiger partial charge in [0.25, 0.3) is 0 Å². The van der Waals surface area contributed by atoms with E-state index in [9.17, 15) is 4.79 Å². The van der Waals surface area contributed by atoms with Crippen molar-refractivity contribution >= 4 is 11.7 Å². The minimum atomic E-state index is -0.978. The van der Waals surface area contributed by atoms with E-state index in [4.69, 9.17) is 9.84 Å². The molecular weight excluding hydrogens is 306 g/mol. The van der Waals surface area contributed by atoms with Crippen molar-refractivity contribution in [2.75, 3.05) is 12.4 Å². The van der Waals surface area contributed by atoms with Crippen molar-refractivity contribution in [2.24, 2.45) is 0 Å². The predicted molar refractivity (Wildman–Crippen MR) is 90.8 cm³/mol. The zero-order valence-corrected chi connectivity index (χ0v) is 13.1. The Balaban J connectivity index is 1.75. The van der Waals surface area contributed by atoms with Crippen LogP contribution in [0.15, 0.2) is 60.8 Å². The van der Waals surface area contributed by atoms with Crippen molar-refractivity contribution in [2.45, 2.75) is 6.54 Å². The molecule has 0 aliphatic carbocycles. The van der Waals surface area contributed by atoms with E-state index in [0.717, 1.165) is 11.4 Å². The molecule has 0 saturated carbocycles. The largest absolute Gasteiger partial charge is 0.495 e. The molecule has 0 amide bonds. The number of rotatable bonds is 6. The van der Waals surface area contributed by atoms with Crippen molar-refractivity contribution in [1.82, 2.24) is 9.78 Å². The van der Waals surface area contributed by atoms with Crippen molar-refractivity contribution in [3.63, 3.8) is 0 Å². The van der Waals surface area contributed by atoms with Crippen molar-refractivity contribution in [1.29, 1.82) is 0 Å². The Kier molecular flexibility index (Phi) is 4.47. The SMILES string of the molecule is COc1ccc(C(=O)O)cc1NCc1ccn(-c2ccccc2)n1. The van der Waals surface area contributed by atoms with Crippen LogP contribution in [0.3, 0.4) is 0 Å². The van der Waals surface area contributed by atoms with Crippen LogP contribution in [0.25, 0.3) is 5.69 Å². The molecule has 0 spiro atoms. The molecule has 6 heteroatoms. The summed E-state index contributed by atoms with van der Waals surface area (Å²) in [5.74, 6) is -0.392. The third kappa shape index (κ3) is 3.38. The van der Waals surface area contributed by atoms with Crippen LogP contribution in [0.5, 0.6) is 5.75 Å². The summed E-state index contributed by atoms with van der Waals surface area (Å²) < 4.78 is 7.06. The third-order valence-electron chi connectivity index (χ3n) is 3.57. The second-order valence-corrected chi connectivity index (χ2v) is 5.16. The zero-order valence-electron chi connectivity index (χ0n) is 13.1. The number of aromatic nitrogens is 2. The fourth-order valence-electron chi connectivity index (χ4n) is 2.35. The molecule has 3 aromatic rings. The molecule has 2 N–H and O–H groups in total. The second kappa shape index (κ2) is 6.87. The van der Waals surface area contributed by atoms with Crippen molar-refractivity contribution in [3.8, 4) is 11.4 Å². The molecule has 0 aliphatic heterocycles. The Morgan fingerprint density at radius 1 is 1.21 bits per heavy atom. The molecule has 6 nitrogen and oxygen atoms in total. The molecule has 1 aromatic heterocycles. The summed E-state index contributed by atoms with van der Waals surface area (Å²) in [6, 6.07) is 16.4. The number of nitrogens with one attached hydrogen (secondary N) is 1. The molecule has 3 rings (SSSR count). The van der Waals surface area contributed by atoms with E-state index in [1.807, 2.05) is 42.6 Å². The van der Waals surface area contributed by atoms with Gasteiger partial charge in [-0.05, 0) is 36.4 Å². The van der Waals surface area contributed by atoms with Gasteiger partial charge in [-0.2, -0.15) is 5.10 Å². The highest BCUT2D eigenvalue weighted by Crippen LogP contribution is 2.26. The Hall–Kier alpha value is -3.28. The van der Waals surface area contributed by atoms with E-state index in [1.165, 1.54) is 6.07 Å². The predicted octanol–water partition coefficient (Wildman–Crippen LogP) is 3.19. The molecule has 0 atom stereocenters. The van der Waals surface area contributed by atoms with Gasteiger partial charge in [0, 0.05) is 6.20 Å². The van der Waals surface area contributed by atoms with E-state index >= 15 is 0 Å². The maximum Gasteiger partial charge on any atom is 0.335 e. The summed E-state index contributed by atoms with van der Waals surface area (Å²) in [6.45, 7) is 0.458. The Bertz CT molecular complexity index is 844. The summed E-state index contributed by atoms with van der Waals surface area (Å²) in [4.78, 5) is 11.1. The molecule has 24 heavy (non-hydrogen) atoms. The second-order valence-electron chi connectivity index (χ2n) is 5.16. The number of benzene rings is 2. The molecule has 0 saturated heterocycles. The van der Waals surface area contributed by atoms with Gasteiger partial charge in [-0.1, -0.05) is 18.2 Å². The van der Waals surface area contributed by atoms with Crippen LogP contribution >= 0.6 is 0 Å². The molecule has 1 heterocycles. The smallest absolute Gasteiger partial charge is 0.335 e. The van der Waals surface area contributed by atoms with Gasteiger partial charge in [0.05, 0.1) is 36.3 Å². The number of ether oxygens (including phenoxy) is 1. The van der Waals surface area contributed by atoms with Gasteiger partial charge in [0.2, 0.25) is 0 Å². The Morgan fingerprint density at radius 3 is 2.71 bits per heavy atom. The molecule has 0 bridgehead atoms. The number of para-hydroxylation sites is 1. The van der Waals surface area contributed by atoms with Crippen LogP contribution in [0.2, 0.25) is 0 Å². The van der Waals surface area contributed by atoms with Gasteiger partial charge in [-0.3, -0.25) is 0 Å². The van der Waals surface area contributed by atoms with Gasteiger partial charge in [-0.15, -0.1) is 0 Å². The highest BCUT2D eigenvalue weighted by atomic mass is 16.5. The highest BCUT2D eigenvalue weighted by molar-refractivity contribution is 5.89. The van der Waals surface area contributed by atoms with Gasteiger partial charge in [-0.25, -0.2) is 9.48 Å². The summed E-state index contributed by atoms with van der Waals surface area (Å²) in [6.07, 6.45) is 1.89. The molecule has 122 valence electrons. The van der Waals surface area contributed by atoms with E-state index in [0.29, 0.717) is 18.0 Å². The molecule has 0 unspecified atom stereocenters. The van der Waals surface area contributed by atoms with E-state index in [-0.39, 0.29) is 5.56 Å². The van der Waals surface area contributed by atoms with Crippen molar-refractivity contribution in [3.05, 3.63) is 72.1 Å². The van der Waals surface area contributed by atoms with Gasteiger partial charge < -0.3 is 15.2 Å². The van der Waals surface area contributed by atoms with E-state index < -0.39 is 5.97 Å². The number of hydrogen-bond donors (Lipinski definition) is 2.